The SMILES string of the molecule is COc1ccc(OC)c(C2=NOC(C(=O)N3CCc4ccccc4C3)C2)c1. The number of rotatable bonds is 4. The standard InChI is InChI=1S/C21H22N2O4/c1-25-16-7-8-19(26-2)17(11-16)18-12-20(27-22-18)21(24)23-10-9-14-5-3-4-6-15(14)13-23/h3-8,11,20H,9-10,12-13H2,1-2H3. The van der Waals surface area contributed by atoms with Gasteiger partial charge in [-0.2, -0.15) is 0 Å². The van der Waals surface area contributed by atoms with Crippen molar-refractivity contribution in [3.8, 4) is 11.5 Å². The molecule has 0 aliphatic carbocycles. The predicted octanol–water partition coefficient (Wildman–Crippen LogP) is 2.78. The monoisotopic (exact) mass is 366 g/mol. The van der Waals surface area contributed by atoms with Crippen LogP contribution in [0, 0.1) is 0 Å². The molecule has 0 N–H and O–H groups in total. The van der Waals surface area contributed by atoms with Crippen LogP contribution < -0.4 is 9.47 Å². The molecule has 0 radical (unpaired) electrons. The Morgan fingerprint density at radius 3 is 2.74 bits per heavy atom. The highest BCUT2D eigenvalue weighted by molar-refractivity contribution is 6.06. The van der Waals surface area contributed by atoms with Crippen LogP contribution in [0.4, 0.5) is 0 Å². The van der Waals surface area contributed by atoms with E-state index in [1.165, 1.54) is 11.1 Å². The first-order chi connectivity index (χ1) is 13.2. The van der Waals surface area contributed by atoms with Gasteiger partial charge in [-0.25, -0.2) is 0 Å². The summed E-state index contributed by atoms with van der Waals surface area (Å²) in [4.78, 5) is 20.3. The van der Waals surface area contributed by atoms with Crippen LogP contribution in [0.15, 0.2) is 47.6 Å². The lowest BCUT2D eigenvalue weighted by Crippen LogP contribution is -2.42. The molecular formula is C21H22N2O4. The summed E-state index contributed by atoms with van der Waals surface area (Å²) in [6.07, 6.45) is 0.688. The number of ether oxygens (including phenoxy) is 2. The molecule has 27 heavy (non-hydrogen) atoms. The van der Waals surface area contributed by atoms with Gasteiger partial charge in [0.05, 0.1) is 19.9 Å². The van der Waals surface area contributed by atoms with Gasteiger partial charge in [0.1, 0.15) is 11.5 Å². The van der Waals surface area contributed by atoms with E-state index >= 15 is 0 Å². The summed E-state index contributed by atoms with van der Waals surface area (Å²) < 4.78 is 10.7. The molecule has 2 aromatic rings. The highest BCUT2D eigenvalue weighted by Gasteiger charge is 2.34. The molecule has 1 amide bonds. The lowest BCUT2D eigenvalue weighted by molar-refractivity contribution is -0.143. The number of oxime groups is 1. The summed E-state index contributed by atoms with van der Waals surface area (Å²) in [7, 11) is 3.22. The maximum absolute atomic E-state index is 12.9. The maximum atomic E-state index is 12.9. The third-order valence-corrected chi connectivity index (χ3v) is 5.10. The molecule has 0 aromatic heterocycles. The first-order valence-electron chi connectivity index (χ1n) is 9.00. The summed E-state index contributed by atoms with van der Waals surface area (Å²) in [5, 5.41) is 4.17. The number of nitrogens with zero attached hydrogens (tertiary/aromatic N) is 2. The van der Waals surface area contributed by atoms with Crippen LogP contribution in [-0.4, -0.2) is 43.4 Å². The number of methoxy groups -OCH3 is 2. The number of fused-ring (bicyclic) bond motifs is 1. The Hall–Kier alpha value is -3.02. The molecule has 6 heteroatoms. The predicted molar refractivity (Wildman–Crippen MR) is 101 cm³/mol. The van der Waals surface area contributed by atoms with Crippen LogP contribution in [0.2, 0.25) is 0 Å². The zero-order valence-corrected chi connectivity index (χ0v) is 15.5. The van der Waals surface area contributed by atoms with E-state index in [4.69, 9.17) is 14.3 Å². The van der Waals surface area contributed by atoms with Crippen molar-refractivity contribution in [1.82, 2.24) is 4.90 Å². The van der Waals surface area contributed by atoms with Crippen molar-refractivity contribution >= 4 is 11.6 Å². The number of amides is 1. The summed E-state index contributed by atoms with van der Waals surface area (Å²) >= 11 is 0. The number of carbonyl (C=O) groups excluding carboxylic acids is 1. The third kappa shape index (κ3) is 3.35. The second-order valence-electron chi connectivity index (χ2n) is 6.68. The lowest BCUT2D eigenvalue weighted by atomic mass is 9.98. The molecule has 0 bridgehead atoms. The summed E-state index contributed by atoms with van der Waals surface area (Å²) in [5.41, 5.74) is 4.00. The molecule has 140 valence electrons. The van der Waals surface area contributed by atoms with Crippen molar-refractivity contribution in [1.29, 1.82) is 0 Å². The molecule has 0 saturated heterocycles. The van der Waals surface area contributed by atoms with E-state index in [0.717, 1.165) is 12.0 Å². The molecular weight excluding hydrogens is 344 g/mol. The van der Waals surface area contributed by atoms with Crippen molar-refractivity contribution < 1.29 is 19.1 Å². The molecule has 2 aliphatic heterocycles. The van der Waals surface area contributed by atoms with Crippen molar-refractivity contribution in [3.05, 3.63) is 59.2 Å². The van der Waals surface area contributed by atoms with E-state index in [-0.39, 0.29) is 5.91 Å². The van der Waals surface area contributed by atoms with E-state index in [2.05, 4.69) is 17.3 Å². The quantitative estimate of drug-likeness (QED) is 0.835. The second-order valence-corrected chi connectivity index (χ2v) is 6.68. The van der Waals surface area contributed by atoms with Crippen molar-refractivity contribution in [3.63, 3.8) is 0 Å². The zero-order chi connectivity index (χ0) is 18.8. The zero-order valence-electron chi connectivity index (χ0n) is 15.5. The van der Waals surface area contributed by atoms with Gasteiger partial charge in [-0.15, -0.1) is 0 Å². The topological polar surface area (TPSA) is 60.4 Å². The molecule has 6 nitrogen and oxygen atoms in total. The fourth-order valence-electron chi connectivity index (χ4n) is 3.60. The molecule has 1 atom stereocenters. The van der Waals surface area contributed by atoms with Crippen molar-refractivity contribution in [2.45, 2.75) is 25.5 Å². The fraction of sp³-hybridized carbons (Fsp3) is 0.333. The molecule has 1 unspecified atom stereocenters. The van der Waals surface area contributed by atoms with E-state index < -0.39 is 6.10 Å². The molecule has 2 heterocycles. The highest BCUT2D eigenvalue weighted by Crippen LogP contribution is 2.29. The first kappa shape index (κ1) is 17.4. The minimum Gasteiger partial charge on any atom is -0.497 e. The van der Waals surface area contributed by atoms with Gasteiger partial charge in [0, 0.05) is 25.1 Å². The summed E-state index contributed by atoms with van der Waals surface area (Å²) in [5.74, 6) is 1.36. The van der Waals surface area contributed by atoms with Crippen LogP contribution in [0.1, 0.15) is 23.1 Å². The minimum atomic E-state index is -0.596. The van der Waals surface area contributed by atoms with E-state index in [9.17, 15) is 4.79 Å². The van der Waals surface area contributed by atoms with Gasteiger partial charge in [0.2, 0.25) is 6.10 Å². The number of hydrogen-bond acceptors (Lipinski definition) is 5. The van der Waals surface area contributed by atoms with Crippen molar-refractivity contribution in [2.75, 3.05) is 20.8 Å². The number of hydrogen-bond donors (Lipinski definition) is 0. The number of benzene rings is 2. The van der Waals surface area contributed by atoms with Crippen molar-refractivity contribution in [2.24, 2.45) is 5.16 Å². The largest absolute Gasteiger partial charge is 0.497 e. The molecule has 0 saturated carbocycles. The second kappa shape index (κ2) is 7.31. The van der Waals surface area contributed by atoms with Gasteiger partial charge >= 0.3 is 0 Å². The molecule has 2 aromatic carbocycles. The van der Waals surface area contributed by atoms with Gasteiger partial charge in [0.25, 0.3) is 5.91 Å². The van der Waals surface area contributed by atoms with Gasteiger partial charge in [-0.1, -0.05) is 29.4 Å². The van der Waals surface area contributed by atoms with E-state index in [1.807, 2.05) is 35.2 Å². The fourth-order valence-corrected chi connectivity index (χ4v) is 3.60. The first-order valence-corrected chi connectivity index (χ1v) is 9.00. The Kier molecular flexibility index (Phi) is 4.71. The lowest BCUT2D eigenvalue weighted by Gasteiger charge is -2.30. The van der Waals surface area contributed by atoms with Crippen LogP contribution in [0.3, 0.4) is 0 Å². The third-order valence-electron chi connectivity index (χ3n) is 5.10. The Morgan fingerprint density at radius 2 is 1.96 bits per heavy atom. The smallest absolute Gasteiger partial charge is 0.267 e. The minimum absolute atomic E-state index is 0.0230. The highest BCUT2D eigenvalue weighted by atomic mass is 16.6. The van der Waals surface area contributed by atoms with Crippen LogP contribution in [-0.2, 0) is 22.6 Å². The summed E-state index contributed by atoms with van der Waals surface area (Å²) in [6.45, 7) is 1.32. The van der Waals surface area contributed by atoms with Crippen LogP contribution in [0.5, 0.6) is 11.5 Å². The van der Waals surface area contributed by atoms with E-state index in [0.29, 0.717) is 36.7 Å². The average molecular weight is 366 g/mol. The van der Waals surface area contributed by atoms with Gasteiger partial charge in [-0.3, -0.25) is 4.79 Å². The Balaban J connectivity index is 1.47. The van der Waals surface area contributed by atoms with Gasteiger partial charge in [-0.05, 0) is 35.7 Å². The molecule has 0 fully saturated rings. The molecule has 2 aliphatic rings. The van der Waals surface area contributed by atoms with Crippen LogP contribution in [0.25, 0.3) is 0 Å². The Labute approximate surface area is 158 Å². The maximum Gasteiger partial charge on any atom is 0.267 e. The summed E-state index contributed by atoms with van der Waals surface area (Å²) in [6, 6.07) is 13.8. The molecule has 0 spiro atoms. The Morgan fingerprint density at radius 1 is 1.15 bits per heavy atom. The average Bonchev–Trinajstić information content (AvgIpc) is 3.22. The van der Waals surface area contributed by atoms with Gasteiger partial charge < -0.3 is 19.2 Å². The molecule has 4 rings (SSSR count). The number of carbonyl (C=O) groups is 1. The van der Waals surface area contributed by atoms with E-state index in [1.54, 1.807) is 14.2 Å². The Bertz CT molecular complexity index is 894. The van der Waals surface area contributed by atoms with Gasteiger partial charge in [0.15, 0.2) is 0 Å². The normalized spacial score (nSPS) is 18.4. The van der Waals surface area contributed by atoms with Crippen LogP contribution >= 0.6 is 0 Å².